The Morgan fingerprint density at radius 3 is 2.03 bits per heavy atom. The number of pyridine rings is 1. The number of β-lactam (4-membered cyclic amide) rings is 1. The lowest BCUT2D eigenvalue weighted by molar-refractivity contribution is -0.157. The first-order valence-corrected chi connectivity index (χ1v) is 10.3. The summed E-state index contributed by atoms with van der Waals surface area (Å²) in [5.74, 6) is -1.67. The molecule has 4 rings (SSSR count). The van der Waals surface area contributed by atoms with Gasteiger partial charge in [0.05, 0.1) is 12.5 Å². The molecule has 1 saturated heterocycles. The molecule has 1 atom stereocenters. The number of aromatic nitrogens is 1. The molecule has 2 N–H and O–H groups in total. The molecule has 2 heterocycles. The molecule has 0 spiro atoms. The highest BCUT2D eigenvalue weighted by atomic mass is 35.5. The largest absolute Gasteiger partial charge is 0.480 e. The Morgan fingerprint density at radius 2 is 1.62 bits per heavy atom. The number of carbonyl (C=O) groups is 3. The molecule has 1 aromatic heterocycles. The summed E-state index contributed by atoms with van der Waals surface area (Å²) in [6, 6.07) is 20.1. The minimum Gasteiger partial charge on any atom is -0.480 e. The Morgan fingerprint density at radius 1 is 1.06 bits per heavy atom. The minimum absolute atomic E-state index is 0.149. The number of aryl methyl sites for hydroxylation is 1. The van der Waals surface area contributed by atoms with Gasteiger partial charge in [-0.2, -0.15) is 0 Å². The van der Waals surface area contributed by atoms with Gasteiger partial charge in [-0.15, -0.1) is 0 Å². The monoisotopic (exact) mass is 451 g/mol. The summed E-state index contributed by atoms with van der Waals surface area (Å²) in [6.45, 7) is 1.98. The summed E-state index contributed by atoms with van der Waals surface area (Å²) in [5.41, 5.74) is 2.83. The molecule has 1 fully saturated rings. The maximum absolute atomic E-state index is 12.4. The second-order valence-electron chi connectivity index (χ2n) is 7.18. The Labute approximate surface area is 190 Å². The van der Waals surface area contributed by atoms with E-state index in [4.69, 9.17) is 16.7 Å². The molecular formula is C24H22ClN3O4. The summed E-state index contributed by atoms with van der Waals surface area (Å²) in [7, 11) is 0. The van der Waals surface area contributed by atoms with E-state index in [-0.39, 0.29) is 6.42 Å². The van der Waals surface area contributed by atoms with Crippen molar-refractivity contribution >= 4 is 29.5 Å². The molecule has 32 heavy (non-hydrogen) atoms. The zero-order valence-corrected chi connectivity index (χ0v) is 18.1. The number of aliphatic carboxylic acids is 1. The van der Waals surface area contributed by atoms with Crippen LogP contribution in [0.2, 0.25) is 5.15 Å². The molecule has 0 radical (unpaired) electrons. The van der Waals surface area contributed by atoms with E-state index in [1.165, 1.54) is 0 Å². The number of likely N-dealkylation sites (tertiary alicyclic amines) is 1. The summed E-state index contributed by atoms with van der Waals surface area (Å²) in [6.07, 6.45) is 1.54. The van der Waals surface area contributed by atoms with Gasteiger partial charge >= 0.3 is 12.0 Å². The number of carboxylic acid groups (broad SMARTS) is 1. The lowest BCUT2D eigenvalue weighted by Gasteiger charge is -2.36. The SMILES string of the molecule is Cc1ccnc(Cl)c1.O=C(O)C1CC(=O)N1C(=O)NC(c1ccccc1)c1ccccc1. The van der Waals surface area contributed by atoms with Crippen LogP contribution in [0.1, 0.15) is 29.2 Å². The fourth-order valence-electron chi connectivity index (χ4n) is 3.21. The molecule has 0 bridgehead atoms. The van der Waals surface area contributed by atoms with E-state index in [1.807, 2.05) is 79.7 Å². The second kappa shape index (κ2) is 10.5. The number of hydrogen-bond acceptors (Lipinski definition) is 4. The first-order chi connectivity index (χ1) is 15.4. The van der Waals surface area contributed by atoms with Gasteiger partial charge in [-0.1, -0.05) is 72.3 Å². The minimum atomic E-state index is -1.18. The van der Waals surface area contributed by atoms with Crippen molar-refractivity contribution in [2.24, 2.45) is 0 Å². The van der Waals surface area contributed by atoms with Crippen molar-refractivity contribution in [1.29, 1.82) is 0 Å². The van der Waals surface area contributed by atoms with Crippen molar-refractivity contribution < 1.29 is 19.5 Å². The first kappa shape index (κ1) is 23.0. The molecule has 164 valence electrons. The smallest absolute Gasteiger partial charge is 0.327 e. The number of rotatable bonds is 4. The van der Waals surface area contributed by atoms with Gasteiger partial charge in [0, 0.05) is 6.20 Å². The predicted molar refractivity (Wildman–Crippen MR) is 120 cm³/mol. The summed E-state index contributed by atoms with van der Waals surface area (Å²) >= 11 is 5.53. The van der Waals surface area contributed by atoms with Crippen LogP contribution in [0.25, 0.3) is 0 Å². The Bertz CT molecular complexity index is 1040. The van der Waals surface area contributed by atoms with Crippen molar-refractivity contribution in [3.63, 3.8) is 0 Å². The Kier molecular flexibility index (Phi) is 7.57. The Balaban J connectivity index is 0.000000305. The van der Waals surface area contributed by atoms with Crippen LogP contribution in [0.3, 0.4) is 0 Å². The van der Waals surface area contributed by atoms with Crippen molar-refractivity contribution in [1.82, 2.24) is 15.2 Å². The van der Waals surface area contributed by atoms with Crippen LogP contribution in [-0.2, 0) is 9.59 Å². The topological polar surface area (TPSA) is 99.6 Å². The lowest BCUT2D eigenvalue weighted by atomic mass is 9.98. The number of carbonyl (C=O) groups excluding carboxylic acids is 2. The van der Waals surface area contributed by atoms with Gasteiger partial charge in [0.25, 0.3) is 0 Å². The molecule has 3 aromatic rings. The maximum atomic E-state index is 12.4. The summed E-state index contributed by atoms with van der Waals surface area (Å²) in [5, 5.41) is 12.4. The van der Waals surface area contributed by atoms with E-state index in [2.05, 4.69) is 10.3 Å². The van der Waals surface area contributed by atoms with Gasteiger partial charge in [0.15, 0.2) is 0 Å². The van der Waals surface area contributed by atoms with Gasteiger partial charge in [-0.25, -0.2) is 19.5 Å². The molecule has 3 amide bonds. The molecule has 2 aromatic carbocycles. The molecule has 8 heteroatoms. The van der Waals surface area contributed by atoms with Gasteiger partial charge in [0.1, 0.15) is 11.2 Å². The fraction of sp³-hybridized carbons (Fsp3) is 0.167. The van der Waals surface area contributed by atoms with E-state index in [0.717, 1.165) is 21.6 Å². The van der Waals surface area contributed by atoms with Crippen LogP contribution in [0.15, 0.2) is 79.0 Å². The van der Waals surface area contributed by atoms with Crippen molar-refractivity contribution in [2.45, 2.75) is 25.4 Å². The van der Waals surface area contributed by atoms with Crippen LogP contribution in [0.5, 0.6) is 0 Å². The van der Waals surface area contributed by atoms with Gasteiger partial charge < -0.3 is 10.4 Å². The highest BCUT2D eigenvalue weighted by molar-refractivity contribution is 6.29. The summed E-state index contributed by atoms with van der Waals surface area (Å²) < 4.78 is 0. The molecule has 0 aliphatic carbocycles. The molecule has 1 aliphatic rings. The van der Waals surface area contributed by atoms with E-state index in [9.17, 15) is 14.4 Å². The molecule has 1 unspecified atom stereocenters. The molecular weight excluding hydrogens is 430 g/mol. The number of nitrogens with one attached hydrogen (secondary N) is 1. The second-order valence-corrected chi connectivity index (χ2v) is 7.57. The van der Waals surface area contributed by atoms with Gasteiger partial charge in [-0.05, 0) is 35.7 Å². The van der Waals surface area contributed by atoms with Crippen molar-refractivity contribution in [3.05, 3.63) is 101 Å². The predicted octanol–water partition coefficient (Wildman–Crippen LogP) is 4.21. The van der Waals surface area contributed by atoms with E-state index in [1.54, 1.807) is 6.20 Å². The zero-order chi connectivity index (χ0) is 23.1. The van der Waals surface area contributed by atoms with Gasteiger partial charge in [-0.3, -0.25) is 4.79 Å². The molecule has 1 aliphatic heterocycles. The van der Waals surface area contributed by atoms with Crippen molar-refractivity contribution in [3.8, 4) is 0 Å². The number of halogens is 1. The van der Waals surface area contributed by atoms with Crippen LogP contribution in [0.4, 0.5) is 4.79 Å². The maximum Gasteiger partial charge on any atom is 0.327 e. The summed E-state index contributed by atoms with van der Waals surface area (Å²) in [4.78, 5) is 39.7. The number of amides is 3. The average molecular weight is 452 g/mol. The average Bonchev–Trinajstić information content (AvgIpc) is 2.77. The van der Waals surface area contributed by atoms with Gasteiger partial charge in [0.2, 0.25) is 5.91 Å². The number of imide groups is 1. The third-order valence-corrected chi connectivity index (χ3v) is 5.07. The standard InChI is InChI=1S/C18H16N2O4.C6H6ClN/c21-15-11-14(17(22)23)20(15)18(24)19-16(12-7-3-1-4-8-12)13-9-5-2-6-10-13;1-5-2-3-8-6(7)4-5/h1-10,14,16H,11H2,(H,19,24)(H,22,23);2-4H,1H3. The molecule has 7 nitrogen and oxygen atoms in total. The van der Waals surface area contributed by atoms with Crippen LogP contribution in [-0.4, -0.2) is 38.9 Å². The third-order valence-electron chi connectivity index (χ3n) is 4.87. The third kappa shape index (κ3) is 5.70. The number of benzene rings is 2. The quantitative estimate of drug-likeness (QED) is 0.457. The fourth-order valence-corrected chi connectivity index (χ4v) is 3.44. The lowest BCUT2D eigenvalue weighted by Crippen LogP contribution is -2.62. The Hall–Kier alpha value is -3.71. The normalized spacial score (nSPS) is 14.8. The number of hydrogen-bond donors (Lipinski definition) is 2. The highest BCUT2D eigenvalue weighted by Gasteiger charge is 2.46. The van der Waals surface area contributed by atoms with E-state index in [0.29, 0.717) is 5.15 Å². The van der Waals surface area contributed by atoms with Crippen LogP contribution in [0, 0.1) is 6.92 Å². The van der Waals surface area contributed by atoms with Crippen LogP contribution >= 0.6 is 11.6 Å². The highest BCUT2D eigenvalue weighted by Crippen LogP contribution is 2.25. The van der Waals surface area contributed by atoms with Crippen LogP contribution < -0.4 is 5.32 Å². The number of urea groups is 1. The van der Waals surface area contributed by atoms with E-state index < -0.39 is 30.0 Å². The van der Waals surface area contributed by atoms with Crippen molar-refractivity contribution in [2.75, 3.05) is 0 Å². The van der Waals surface area contributed by atoms with E-state index >= 15 is 0 Å². The molecule has 0 saturated carbocycles. The number of carboxylic acids is 1. The zero-order valence-electron chi connectivity index (χ0n) is 17.3. The first-order valence-electron chi connectivity index (χ1n) is 9.90. The number of nitrogens with zero attached hydrogens (tertiary/aromatic N) is 2.